The van der Waals surface area contributed by atoms with Crippen molar-refractivity contribution < 1.29 is 17.9 Å². The van der Waals surface area contributed by atoms with E-state index in [-0.39, 0.29) is 17.5 Å². The average Bonchev–Trinajstić information content (AvgIpc) is 2.94. The Kier molecular flexibility index (Phi) is 2.07. The van der Waals surface area contributed by atoms with Gasteiger partial charge in [-0.3, -0.25) is 0 Å². The minimum atomic E-state index is -3.52. The van der Waals surface area contributed by atoms with Gasteiger partial charge in [0.05, 0.1) is 5.69 Å². The fourth-order valence-electron chi connectivity index (χ4n) is 2.22. The number of ether oxygens (including phenoxy) is 1. The number of hydrogen-bond donors (Lipinski definition) is 0. The van der Waals surface area contributed by atoms with Crippen LogP contribution in [0.4, 0.5) is 20.5 Å². The summed E-state index contributed by atoms with van der Waals surface area (Å²) in [6.45, 7) is 0. The van der Waals surface area contributed by atoms with Crippen molar-refractivity contribution in [3.8, 4) is 5.75 Å². The van der Waals surface area contributed by atoms with Crippen molar-refractivity contribution in [2.75, 3.05) is 4.90 Å². The molecule has 0 fully saturated rings. The number of oxazole rings is 1. The number of anilines is 2. The van der Waals surface area contributed by atoms with Crippen LogP contribution in [0.5, 0.6) is 5.75 Å². The summed E-state index contributed by atoms with van der Waals surface area (Å²) in [6.07, 6.45) is -3.52. The molecule has 20 heavy (non-hydrogen) atoms. The topological polar surface area (TPSA) is 38.5 Å². The zero-order valence-corrected chi connectivity index (χ0v) is 10.1. The highest BCUT2D eigenvalue weighted by Crippen LogP contribution is 2.48. The Bertz CT molecular complexity index is 767. The molecule has 0 atom stereocenters. The van der Waals surface area contributed by atoms with Gasteiger partial charge in [0, 0.05) is 0 Å². The van der Waals surface area contributed by atoms with Gasteiger partial charge in [0.1, 0.15) is 5.52 Å². The lowest BCUT2D eigenvalue weighted by atomic mass is 10.3. The van der Waals surface area contributed by atoms with E-state index in [2.05, 4.69) is 9.72 Å². The smallest absolute Gasteiger partial charge is 0.423 e. The lowest BCUT2D eigenvalue weighted by Gasteiger charge is -2.18. The number of benzene rings is 2. The third-order valence-corrected chi connectivity index (χ3v) is 3.07. The van der Waals surface area contributed by atoms with Crippen molar-refractivity contribution in [1.82, 2.24) is 4.98 Å². The lowest BCUT2D eigenvalue weighted by molar-refractivity contribution is -0.157. The molecular formula is C14H8F2N2O2. The monoisotopic (exact) mass is 274 g/mol. The van der Waals surface area contributed by atoms with Gasteiger partial charge in [0.15, 0.2) is 11.3 Å². The van der Waals surface area contributed by atoms with Crippen molar-refractivity contribution in [1.29, 1.82) is 0 Å². The second-order valence-corrected chi connectivity index (χ2v) is 4.36. The first-order valence-corrected chi connectivity index (χ1v) is 5.97. The van der Waals surface area contributed by atoms with Crippen molar-refractivity contribution in [3.63, 3.8) is 0 Å². The van der Waals surface area contributed by atoms with E-state index in [0.717, 1.165) is 0 Å². The summed E-state index contributed by atoms with van der Waals surface area (Å²) >= 11 is 0. The number of rotatable bonds is 1. The standard InChI is InChI=1S/C14H8F2N2O2/c15-14(16)18(10-6-2-4-8-12(10)20-14)13-17-9-5-1-3-7-11(9)19-13/h1-8H. The maximum atomic E-state index is 14.0. The fraction of sp³-hybridized carbons (Fsp3) is 0.0714. The summed E-state index contributed by atoms with van der Waals surface area (Å²) < 4.78 is 38.1. The Balaban J connectivity index is 1.91. The highest BCUT2D eigenvalue weighted by atomic mass is 19.3. The Morgan fingerprint density at radius 3 is 2.60 bits per heavy atom. The van der Waals surface area contributed by atoms with Crippen LogP contribution in [0.25, 0.3) is 11.1 Å². The Labute approximate surface area is 112 Å². The van der Waals surface area contributed by atoms with E-state index in [9.17, 15) is 8.78 Å². The first-order chi connectivity index (χ1) is 9.65. The zero-order valence-electron chi connectivity index (χ0n) is 10.1. The molecule has 2 aromatic carbocycles. The van der Waals surface area contributed by atoms with Gasteiger partial charge in [-0.15, -0.1) is 8.78 Å². The summed E-state index contributed by atoms with van der Waals surface area (Å²) in [5.41, 5.74) is 1.19. The summed E-state index contributed by atoms with van der Waals surface area (Å²) in [7, 11) is 0. The quantitative estimate of drug-likeness (QED) is 0.631. The molecule has 0 amide bonds. The lowest BCUT2D eigenvalue weighted by Crippen LogP contribution is -2.38. The Hall–Kier alpha value is -2.63. The van der Waals surface area contributed by atoms with Gasteiger partial charge in [0.25, 0.3) is 0 Å². The molecule has 0 saturated carbocycles. The molecule has 0 unspecified atom stereocenters. The van der Waals surface area contributed by atoms with Crippen LogP contribution < -0.4 is 9.64 Å². The van der Waals surface area contributed by atoms with Crippen molar-refractivity contribution in [2.24, 2.45) is 0 Å². The van der Waals surface area contributed by atoms with Crippen LogP contribution in [-0.2, 0) is 0 Å². The molecule has 4 rings (SSSR count). The average molecular weight is 274 g/mol. The molecule has 0 bridgehead atoms. The van der Waals surface area contributed by atoms with Gasteiger partial charge in [-0.25, -0.2) is 0 Å². The number of fused-ring (bicyclic) bond motifs is 2. The molecule has 0 radical (unpaired) electrons. The first kappa shape index (κ1) is 11.2. The Morgan fingerprint density at radius 2 is 1.75 bits per heavy atom. The van der Waals surface area contributed by atoms with E-state index < -0.39 is 6.23 Å². The van der Waals surface area contributed by atoms with Crippen LogP contribution in [0, 0.1) is 0 Å². The summed E-state index contributed by atoms with van der Waals surface area (Å²) in [5.74, 6) is 0.0970. The van der Waals surface area contributed by atoms with E-state index in [4.69, 9.17) is 4.42 Å². The number of aromatic nitrogens is 1. The maximum Gasteiger partial charge on any atom is 0.505 e. The molecule has 3 aromatic rings. The van der Waals surface area contributed by atoms with Crippen LogP contribution in [-0.4, -0.2) is 11.2 Å². The van der Waals surface area contributed by atoms with Crippen LogP contribution in [0.3, 0.4) is 0 Å². The van der Waals surface area contributed by atoms with E-state index in [0.29, 0.717) is 16.0 Å². The maximum absolute atomic E-state index is 14.0. The molecule has 0 N–H and O–H groups in total. The van der Waals surface area contributed by atoms with Gasteiger partial charge in [-0.1, -0.05) is 24.3 Å². The molecule has 1 aliphatic heterocycles. The SMILES string of the molecule is FC1(F)Oc2ccccc2N1c1nc2ccccc2o1. The van der Waals surface area contributed by atoms with Crippen LogP contribution in [0.2, 0.25) is 0 Å². The van der Waals surface area contributed by atoms with Crippen LogP contribution >= 0.6 is 0 Å². The molecule has 2 heterocycles. The highest BCUT2D eigenvalue weighted by Gasteiger charge is 2.51. The molecule has 100 valence electrons. The largest absolute Gasteiger partial charge is 0.505 e. The fourth-order valence-corrected chi connectivity index (χ4v) is 2.22. The van der Waals surface area contributed by atoms with Crippen LogP contribution in [0.1, 0.15) is 0 Å². The molecule has 4 nitrogen and oxygen atoms in total. The predicted octanol–water partition coefficient (Wildman–Crippen LogP) is 3.91. The second-order valence-electron chi connectivity index (χ2n) is 4.36. The summed E-state index contributed by atoms with van der Waals surface area (Å²) in [4.78, 5) is 4.74. The molecule has 0 spiro atoms. The molecule has 6 heteroatoms. The number of halogens is 2. The molecular weight excluding hydrogens is 266 g/mol. The van der Waals surface area contributed by atoms with E-state index in [1.165, 1.54) is 12.1 Å². The van der Waals surface area contributed by atoms with E-state index >= 15 is 0 Å². The predicted molar refractivity (Wildman–Crippen MR) is 68.2 cm³/mol. The zero-order chi connectivity index (χ0) is 13.7. The Morgan fingerprint density at radius 1 is 1.00 bits per heavy atom. The van der Waals surface area contributed by atoms with Crippen molar-refractivity contribution in [2.45, 2.75) is 6.23 Å². The molecule has 0 saturated heterocycles. The number of hydrogen-bond acceptors (Lipinski definition) is 4. The molecule has 0 aliphatic carbocycles. The first-order valence-electron chi connectivity index (χ1n) is 5.97. The highest BCUT2D eigenvalue weighted by molar-refractivity contribution is 5.77. The van der Waals surface area contributed by atoms with Crippen molar-refractivity contribution in [3.05, 3.63) is 48.5 Å². The molecule has 1 aromatic heterocycles. The second kappa shape index (κ2) is 3.69. The number of para-hydroxylation sites is 4. The van der Waals surface area contributed by atoms with Crippen LogP contribution in [0.15, 0.2) is 52.9 Å². The van der Waals surface area contributed by atoms with Gasteiger partial charge in [-0.05, 0) is 24.3 Å². The van der Waals surface area contributed by atoms with Gasteiger partial charge in [-0.2, -0.15) is 9.88 Å². The van der Waals surface area contributed by atoms with Gasteiger partial charge < -0.3 is 9.15 Å². The normalized spacial score (nSPS) is 16.2. The third kappa shape index (κ3) is 1.48. The number of nitrogens with zero attached hydrogens (tertiary/aromatic N) is 2. The number of alkyl halides is 2. The van der Waals surface area contributed by atoms with Gasteiger partial charge >= 0.3 is 12.2 Å². The summed E-state index contributed by atoms with van der Waals surface area (Å²) in [5, 5.41) is 0. The molecule has 1 aliphatic rings. The van der Waals surface area contributed by atoms with Crippen molar-refractivity contribution >= 4 is 22.8 Å². The minimum absolute atomic E-state index is 0.0970. The third-order valence-electron chi connectivity index (χ3n) is 3.07. The van der Waals surface area contributed by atoms with E-state index in [1.807, 2.05) is 0 Å². The minimum Gasteiger partial charge on any atom is -0.423 e. The van der Waals surface area contributed by atoms with E-state index in [1.54, 1.807) is 36.4 Å². The summed E-state index contributed by atoms with van der Waals surface area (Å²) in [6, 6.07) is 13.0. The van der Waals surface area contributed by atoms with Gasteiger partial charge in [0.2, 0.25) is 0 Å².